The van der Waals surface area contributed by atoms with E-state index in [1.165, 1.54) is 18.3 Å². The first-order valence-corrected chi connectivity index (χ1v) is 11.8. The topological polar surface area (TPSA) is 97.4 Å². The fraction of sp³-hybridized carbons (Fsp3) is 0.217. The van der Waals surface area contributed by atoms with Crippen LogP contribution in [0.4, 0.5) is 11.5 Å². The zero-order chi connectivity index (χ0) is 23.1. The largest absolute Gasteiger partial charge is 0.494 e. The Morgan fingerprint density at radius 3 is 2.38 bits per heavy atom. The molecule has 0 aliphatic heterocycles. The quantitative estimate of drug-likeness (QED) is 0.428. The number of nitrogens with zero attached hydrogens (tertiary/aromatic N) is 1. The molecule has 3 rings (SSSR count). The van der Waals surface area contributed by atoms with Crippen LogP contribution in [0.1, 0.15) is 24.0 Å². The fourth-order valence-electron chi connectivity index (χ4n) is 2.97. The first kappa shape index (κ1) is 23.6. The summed E-state index contributed by atoms with van der Waals surface area (Å²) in [5.41, 5.74) is 2.40. The Kier molecular flexibility index (Phi) is 7.71. The van der Waals surface area contributed by atoms with Crippen molar-refractivity contribution in [3.8, 4) is 5.75 Å². The maximum atomic E-state index is 12.4. The number of hydrogen-bond acceptors (Lipinski definition) is 5. The van der Waals surface area contributed by atoms with Gasteiger partial charge in [0.05, 0.1) is 11.5 Å². The molecule has 0 spiro atoms. The van der Waals surface area contributed by atoms with Gasteiger partial charge in [-0.05, 0) is 79.9 Å². The average Bonchev–Trinajstić information content (AvgIpc) is 2.76. The van der Waals surface area contributed by atoms with E-state index in [1.54, 1.807) is 30.3 Å². The second-order valence-corrected chi connectivity index (χ2v) is 9.28. The zero-order valence-electron chi connectivity index (χ0n) is 17.8. The highest BCUT2D eigenvalue weighted by molar-refractivity contribution is 7.92. The number of nitrogens with one attached hydrogen (secondary N) is 2. The molecule has 0 atom stereocenters. The van der Waals surface area contributed by atoms with Crippen LogP contribution in [0.5, 0.6) is 5.75 Å². The van der Waals surface area contributed by atoms with Crippen molar-refractivity contribution in [2.24, 2.45) is 0 Å². The summed E-state index contributed by atoms with van der Waals surface area (Å²) in [6, 6.07) is 14.6. The number of amides is 1. The molecule has 9 heteroatoms. The maximum Gasteiger partial charge on any atom is 0.263 e. The Hall–Kier alpha value is -3.10. The molecule has 7 nitrogen and oxygen atoms in total. The van der Waals surface area contributed by atoms with Crippen LogP contribution < -0.4 is 14.8 Å². The minimum atomic E-state index is -3.76. The highest BCUT2D eigenvalue weighted by atomic mass is 35.5. The van der Waals surface area contributed by atoms with Crippen molar-refractivity contribution in [2.45, 2.75) is 31.6 Å². The highest BCUT2D eigenvalue weighted by Gasteiger charge is 2.15. The van der Waals surface area contributed by atoms with Gasteiger partial charge in [-0.15, -0.1) is 0 Å². The third-order valence-electron chi connectivity index (χ3n) is 4.58. The molecule has 0 aliphatic rings. The third kappa shape index (κ3) is 6.45. The SMILES string of the molecule is Cc1cc(OCCCC(=O)Nc2ccc(S(=O)(=O)Nc3ccccn3)cc2)cc(C)c1Cl. The second kappa shape index (κ2) is 10.5. The lowest BCUT2D eigenvalue weighted by molar-refractivity contribution is -0.116. The van der Waals surface area contributed by atoms with E-state index in [1.807, 2.05) is 26.0 Å². The van der Waals surface area contributed by atoms with Crippen molar-refractivity contribution in [1.82, 2.24) is 4.98 Å². The van der Waals surface area contributed by atoms with Gasteiger partial charge >= 0.3 is 0 Å². The lowest BCUT2D eigenvalue weighted by atomic mass is 10.1. The maximum absolute atomic E-state index is 12.4. The Morgan fingerprint density at radius 2 is 1.75 bits per heavy atom. The van der Waals surface area contributed by atoms with Gasteiger partial charge in [-0.3, -0.25) is 9.52 Å². The first-order valence-electron chi connectivity index (χ1n) is 9.98. The molecular formula is C23H24ClN3O4S. The van der Waals surface area contributed by atoms with Crippen LogP contribution in [0, 0.1) is 13.8 Å². The van der Waals surface area contributed by atoms with Gasteiger partial charge in [0.25, 0.3) is 10.0 Å². The van der Waals surface area contributed by atoms with E-state index in [-0.39, 0.29) is 23.0 Å². The van der Waals surface area contributed by atoms with Crippen LogP contribution in [0.2, 0.25) is 5.02 Å². The van der Waals surface area contributed by atoms with E-state index in [9.17, 15) is 13.2 Å². The van der Waals surface area contributed by atoms with E-state index in [2.05, 4.69) is 15.0 Å². The van der Waals surface area contributed by atoms with Crippen molar-refractivity contribution in [1.29, 1.82) is 0 Å². The van der Waals surface area contributed by atoms with Gasteiger partial charge in [0, 0.05) is 23.3 Å². The number of rotatable bonds is 9. The normalized spacial score (nSPS) is 11.1. The molecule has 0 unspecified atom stereocenters. The molecule has 168 valence electrons. The summed E-state index contributed by atoms with van der Waals surface area (Å²) in [5, 5.41) is 3.48. The Bertz CT molecular complexity index is 1160. The van der Waals surface area contributed by atoms with Crippen molar-refractivity contribution in [3.63, 3.8) is 0 Å². The minimum absolute atomic E-state index is 0.0723. The predicted octanol–water partition coefficient (Wildman–Crippen LogP) is 4.95. The van der Waals surface area contributed by atoms with Gasteiger partial charge in [-0.2, -0.15) is 0 Å². The molecule has 2 aromatic carbocycles. The van der Waals surface area contributed by atoms with Gasteiger partial charge in [0.1, 0.15) is 11.6 Å². The number of hydrogen-bond donors (Lipinski definition) is 2. The number of carbonyl (C=O) groups excluding carboxylic acids is 1. The molecule has 1 amide bonds. The highest BCUT2D eigenvalue weighted by Crippen LogP contribution is 2.26. The standard InChI is InChI=1S/C23H24ClN3O4S/c1-16-14-19(15-17(2)23(16)24)31-13-5-7-22(28)26-18-8-10-20(11-9-18)32(29,30)27-21-6-3-4-12-25-21/h3-4,6,8-12,14-15H,5,7,13H2,1-2H3,(H,25,27)(H,26,28). The number of benzene rings is 2. The van der Waals surface area contributed by atoms with Gasteiger partial charge in [-0.1, -0.05) is 17.7 Å². The van der Waals surface area contributed by atoms with Crippen LogP contribution in [-0.4, -0.2) is 25.9 Å². The molecular weight excluding hydrogens is 450 g/mol. The Labute approximate surface area is 192 Å². The van der Waals surface area contributed by atoms with Gasteiger partial charge in [0.15, 0.2) is 0 Å². The van der Waals surface area contributed by atoms with E-state index in [0.29, 0.717) is 18.7 Å². The van der Waals surface area contributed by atoms with Crippen LogP contribution in [0.25, 0.3) is 0 Å². The number of anilines is 2. The number of ether oxygens (including phenoxy) is 1. The molecule has 0 bridgehead atoms. The summed E-state index contributed by atoms with van der Waals surface area (Å²) in [4.78, 5) is 16.2. The minimum Gasteiger partial charge on any atom is -0.494 e. The predicted molar refractivity (Wildman–Crippen MR) is 126 cm³/mol. The summed E-state index contributed by atoms with van der Waals surface area (Å²) >= 11 is 6.15. The summed E-state index contributed by atoms with van der Waals surface area (Å²) in [5.74, 6) is 0.774. The third-order valence-corrected chi connectivity index (χ3v) is 6.55. The molecule has 0 radical (unpaired) electrons. The van der Waals surface area contributed by atoms with Crippen molar-refractivity contribution >= 4 is 39.0 Å². The number of aromatic nitrogens is 1. The smallest absolute Gasteiger partial charge is 0.263 e. The van der Waals surface area contributed by atoms with Crippen LogP contribution in [0.3, 0.4) is 0 Å². The molecule has 1 aromatic heterocycles. The zero-order valence-corrected chi connectivity index (χ0v) is 19.3. The second-order valence-electron chi connectivity index (χ2n) is 7.22. The van der Waals surface area contributed by atoms with Gasteiger partial charge < -0.3 is 10.1 Å². The van der Waals surface area contributed by atoms with Crippen LogP contribution in [-0.2, 0) is 14.8 Å². The van der Waals surface area contributed by atoms with E-state index in [4.69, 9.17) is 16.3 Å². The van der Waals surface area contributed by atoms with E-state index >= 15 is 0 Å². The Morgan fingerprint density at radius 1 is 1.06 bits per heavy atom. The fourth-order valence-corrected chi connectivity index (χ4v) is 4.09. The molecule has 0 saturated carbocycles. The number of aryl methyl sites for hydroxylation is 2. The van der Waals surface area contributed by atoms with Crippen LogP contribution >= 0.6 is 11.6 Å². The van der Waals surface area contributed by atoms with Gasteiger partial charge in [-0.25, -0.2) is 13.4 Å². The molecule has 1 heterocycles. The molecule has 3 aromatic rings. The lowest BCUT2D eigenvalue weighted by Crippen LogP contribution is -2.15. The summed E-state index contributed by atoms with van der Waals surface area (Å²) in [6.07, 6.45) is 2.30. The first-order chi connectivity index (χ1) is 15.2. The van der Waals surface area contributed by atoms with Crippen molar-refractivity contribution in [3.05, 3.63) is 76.9 Å². The summed E-state index contributed by atoms with van der Waals surface area (Å²) in [7, 11) is -3.76. The van der Waals surface area contributed by atoms with Crippen molar-refractivity contribution < 1.29 is 17.9 Å². The Balaban J connectivity index is 1.47. The molecule has 0 fully saturated rings. The molecule has 0 aliphatic carbocycles. The number of carbonyl (C=O) groups is 1. The van der Waals surface area contributed by atoms with E-state index < -0.39 is 10.0 Å². The average molecular weight is 474 g/mol. The number of pyridine rings is 1. The summed E-state index contributed by atoms with van der Waals surface area (Å²) < 4.78 is 33.0. The number of sulfonamides is 1. The number of halogens is 1. The van der Waals surface area contributed by atoms with Gasteiger partial charge in [0.2, 0.25) is 5.91 Å². The monoisotopic (exact) mass is 473 g/mol. The molecule has 2 N–H and O–H groups in total. The van der Waals surface area contributed by atoms with E-state index in [0.717, 1.165) is 21.9 Å². The molecule has 0 saturated heterocycles. The lowest BCUT2D eigenvalue weighted by Gasteiger charge is -2.10. The van der Waals surface area contributed by atoms with Crippen LogP contribution in [0.15, 0.2) is 65.7 Å². The molecule has 32 heavy (non-hydrogen) atoms. The van der Waals surface area contributed by atoms with Crippen molar-refractivity contribution in [2.75, 3.05) is 16.6 Å². The summed E-state index contributed by atoms with van der Waals surface area (Å²) in [6.45, 7) is 4.23.